The number of hydrogen-bond acceptors (Lipinski definition) is 2. The maximum Gasteiger partial charge on any atom is 0.261 e. The molecule has 84 valence electrons. The minimum absolute atomic E-state index is 0.0642. The van der Waals surface area contributed by atoms with Crippen LogP contribution in [0.25, 0.3) is 10.9 Å². The van der Waals surface area contributed by atoms with Crippen molar-refractivity contribution in [1.82, 2.24) is 9.55 Å². The van der Waals surface area contributed by atoms with Crippen LogP contribution in [-0.2, 0) is 6.54 Å². The van der Waals surface area contributed by atoms with Crippen molar-refractivity contribution in [3.63, 3.8) is 0 Å². The number of hydrogen-bond donors (Lipinski definition) is 0. The van der Waals surface area contributed by atoms with E-state index in [4.69, 9.17) is 0 Å². The van der Waals surface area contributed by atoms with Crippen LogP contribution < -0.4 is 5.56 Å². The minimum atomic E-state index is -0.558. The summed E-state index contributed by atoms with van der Waals surface area (Å²) in [6.45, 7) is 3.35. The first kappa shape index (κ1) is 10.8. The summed E-state index contributed by atoms with van der Waals surface area (Å²) < 4.78 is 13.5. The molecule has 3 nitrogen and oxygen atoms in total. The fourth-order valence-electron chi connectivity index (χ4n) is 1.88. The van der Waals surface area contributed by atoms with E-state index < -0.39 is 6.67 Å². The molecular formula is C12H13FN2O. The summed E-state index contributed by atoms with van der Waals surface area (Å²) in [6, 6.07) is 3.78. The van der Waals surface area contributed by atoms with E-state index in [-0.39, 0.29) is 12.1 Å². The second kappa shape index (κ2) is 4.04. The molecule has 1 aromatic heterocycles. The fourth-order valence-corrected chi connectivity index (χ4v) is 1.88. The summed E-state index contributed by atoms with van der Waals surface area (Å²) in [7, 11) is 0. The molecule has 0 bridgehead atoms. The fraction of sp³-hybridized carbons (Fsp3) is 0.333. The van der Waals surface area contributed by atoms with E-state index in [1.165, 1.54) is 10.9 Å². The molecule has 0 aliphatic carbocycles. The van der Waals surface area contributed by atoms with Gasteiger partial charge in [-0.15, -0.1) is 0 Å². The second-order valence-electron chi connectivity index (χ2n) is 3.91. The van der Waals surface area contributed by atoms with Gasteiger partial charge < -0.3 is 0 Å². The number of alkyl halides is 1. The van der Waals surface area contributed by atoms with Gasteiger partial charge in [-0.1, -0.05) is 6.07 Å². The molecule has 0 aliphatic rings. The number of nitrogens with zero attached hydrogens (tertiary/aromatic N) is 2. The number of fused-ring (bicyclic) bond motifs is 1. The van der Waals surface area contributed by atoms with Gasteiger partial charge >= 0.3 is 0 Å². The van der Waals surface area contributed by atoms with E-state index in [9.17, 15) is 9.18 Å². The average Bonchev–Trinajstić information content (AvgIpc) is 2.23. The first-order valence-corrected chi connectivity index (χ1v) is 5.16. The SMILES string of the molecule is Cc1cc(C)c2ncn(CCF)c(=O)c2c1. The van der Waals surface area contributed by atoms with Gasteiger partial charge in [0.25, 0.3) is 5.56 Å². The molecule has 2 rings (SSSR count). The zero-order chi connectivity index (χ0) is 11.7. The maximum atomic E-state index is 12.2. The summed E-state index contributed by atoms with van der Waals surface area (Å²) in [5, 5.41) is 0.563. The number of aryl methyl sites for hydroxylation is 3. The van der Waals surface area contributed by atoms with Gasteiger partial charge in [-0.25, -0.2) is 9.37 Å². The van der Waals surface area contributed by atoms with Gasteiger partial charge in [0.15, 0.2) is 0 Å². The molecular weight excluding hydrogens is 207 g/mol. The smallest absolute Gasteiger partial charge is 0.261 e. The predicted octanol–water partition coefficient (Wildman–Crippen LogP) is 1.98. The Balaban J connectivity index is 2.78. The van der Waals surface area contributed by atoms with Crippen molar-refractivity contribution in [2.75, 3.05) is 6.67 Å². The van der Waals surface area contributed by atoms with Crippen LogP contribution in [0.1, 0.15) is 11.1 Å². The van der Waals surface area contributed by atoms with Gasteiger partial charge in [0.2, 0.25) is 0 Å². The lowest BCUT2D eigenvalue weighted by atomic mass is 10.1. The van der Waals surface area contributed by atoms with Crippen LogP contribution in [0.3, 0.4) is 0 Å². The maximum absolute atomic E-state index is 12.2. The topological polar surface area (TPSA) is 34.9 Å². The highest BCUT2D eigenvalue weighted by Crippen LogP contribution is 2.14. The Morgan fingerprint density at radius 1 is 1.38 bits per heavy atom. The van der Waals surface area contributed by atoms with Crippen molar-refractivity contribution in [2.45, 2.75) is 20.4 Å². The number of aromatic nitrogens is 2. The summed E-state index contributed by atoms with van der Waals surface area (Å²) in [6.07, 6.45) is 1.41. The molecule has 1 aromatic carbocycles. The van der Waals surface area contributed by atoms with E-state index in [1.807, 2.05) is 19.9 Å². The lowest BCUT2D eigenvalue weighted by Crippen LogP contribution is -2.21. The molecule has 0 amide bonds. The van der Waals surface area contributed by atoms with Crippen molar-refractivity contribution in [1.29, 1.82) is 0 Å². The van der Waals surface area contributed by atoms with Crippen LogP contribution in [-0.4, -0.2) is 16.2 Å². The third kappa shape index (κ3) is 1.71. The van der Waals surface area contributed by atoms with Crippen LogP contribution in [0.4, 0.5) is 4.39 Å². The molecule has 4 heteroatoms. The van der Waals surface area contributed by atoms with E-state index in [0.29, 0.717) is 10.9 Å². The molecule has 0 spiro atoms. The van der Waals surface area contributed by atoms with Crippen LogP contribution in [0.2, 0.25) is 0 Å². The Kier molecular flexibility index (Phi) is 2.73. The predicted molar refractivity (Wildman–Crippen MR) is 61.5 cm³/mol. The molecule has 0 fully saturated rings. The molecule has 0 N–H and O–H groups in total. The summed E-state index contributed by atoms with van der Waals surface area (Å²) in [5.41, 5.74) is 2.52. The average molecular weight is 220 g/mol. The molecule has 16 heavy (non-hydrogen) atoms. The lowest BCUT2D eigenvalue weighted by molar-refractivity contribution is 0.439. The van der Waals surface area contributed by atoms with Crippen LogP contribution in [0.5, 0.6) is 0 Å². The molecule has 2 aromatic rings. The van der Waals surface area contributed by atoms with E-state index in [2.05, 4.69) is 4.98 Å². The van der Waals surface area contributed by atoms with Gasteiger partial charge in [0.1, 0.15) is 6.67 Å². The van der Waals surface area contributed by atoms with E-state index >= 15 is 0 Å². The first-order chi connectivity index (χ1) is 7.63. The number of benzene rings is 1. The number of rotatable bonds is 2. The quantitative estimate of drug-likeness (QED) is 0.775. The Morgan fingerprint density at radius 2 is 2.12 bits per heavy atom. The monoisotopic (exact) mass is 220 g/mol. The first-order valence-electron chi connectivity index (χ1n) is 5.16. The largest absolute Gasteiger partial charge is 0.296 e. The van der Waals surface area contributed by atoms with Crippen LogP contribution >= 0.6 is 0 Å². The Hall–Kier alpha value is -1.71. The molecule has 1 heterocycles. The van der Waals surface area contributed by atoms with E-state index in [1.54, 1.807) is 6.07 Å². The summed E-state index contributed by atoms with van der Waals surface area (Å²) in [5.74, 6) is 0. The highest BCUT2D eigenvalue weighted by Gasteiger charge is 2.06. The Labute approximate surface area is 92.5 Å². The van der Waals surface area contributed by atoms with E-state index in [0.717, 1.165) is 11.1 Å². The van der Waals surface area contributed by atoms with Gasteiger partial charge in [-0.2, -0.15) is 0 Å². The summed E-state index contributed by atoms with van der Waals surface area (Å²) >= 11 is 0. The molecule has 0 atom stereocenters. The van der Waals surface area contributed by atoms with Gasteiger partial charge in [0.05, 0.1) is 23.8 Å². The van der Waals surface area contributed by atoms with Crippen molar-refractivity contribution in [2.24, 2.45) is 0 Å². The molecule has 0 saturated heterocycles. The van der Waals surface area contributed by atoms with Gasteiger partial charge in [0, 0.05) is 0 Å². The van der Waals surface area contributed by atoms with Crippen molar-refractivity contribution in [3.8, 4) is 0 Å². The highest BCUT2D eigenvalue weighted by molar-refractivity contribution is 5.81. The second-order valence-corrected chi connectivity index (χ2v) is 3.91. The summed E-state index contributed by atoms with van der Waals surface area (Å²) in [4.78, 5) is 16.2. The Morgan fingerprint density at radius 3 is 2.81 bits per heavy atom. The standard InChI is InChI=1S/C12H13FN2O/c1-8-5-9(2)11-10(6-8)12(16)15(4-3-13)7-14-11/h5-7H,3-4H2,1-2H3. The highest BCUT2D eigenvalue weighted by atomic mass is 19.1. The molecule has 0 saturated carbocycles. The van der Waals surface area contributed by atoms with Gasteiger partial charge in [-0.3, -0.25) is 9.36 Å². The normalized spacial score (nSPS) is 10.9. The minimum Gasteiger partial charge on any atom is -0.296 e. The van der Waals surface area contributed by atoms with Crippen molar-refractivity contribution >= 4 is 10.9 Å². The van der Waals surface area contributed by atoms with Crippen LogP contribution in [0, 0.1) is 13.8 Å². The molecule has 0 radical (unpaired) electrons. The molecule has 0 aliphatic heterocycles. The third-order valence-electron chi connectivity index (χ3n) is 2.59. The third-order valence-corrected chi connectivity index (χ3v) is 2.59. The van der Waals surface area contributed by atoms with Crippen molar-refractivity contribution in [3.05, 3.63) is 39.9 Å². The van der Waals surface area contributed by atoms with Crippen LogP contribution in [0.15, 0.2) is 23.3 Å². The number of halogens is 1. The zero-order valence-electron chi connectivity index (χ0n) is 9.33. The van der Waals surface area contributed by atoms with Crippen molar-refractivity contribution < 1.29 is 4.39 Å². The Bertz CT molecular complexity index is 589. The zero-order valence-corrected chi connectivity index (χ0v) is 9.33. The lowest BCUT2D eigenvalue weighted by Gasteiger charge is -2.06. The van der Waals surface area contributed by atoms with Gasteiger partial charge in [-0.05, 0) is 31.0 Å². The molecule has 0 unspecified atom stereocenters.